The third-order valence-corrected chi connectivity index (χ3v) is 3.26. The molecule has 0 N–H and O–H groups in total. The van der Waals surface area contributed by atoms with E-state index in [1.165, 1.54) is 37.9 Å². The Morgan fingerprint density at radius 1 is 1.18 bits per heavy atom. The van der Waals surface area contributed by atoms with Gasteiger partial charge in [0.2, 0.25) is 0 Å². The molecule has 0 saturated carbocycles. The fourth-order valence-corrected chi connectivity index (χ4v) is 2.09. The number of hydrogen-bond donors (Lipinski definition) is 1. The van der Waals surface area contributed by atoms with E-state index in [-0.39, 0.29) is 0 Å². The summed E-state index contributed by atoms with van der Waals surface area (Å²) in [4.78, 5) is 6.83. The van der Waals surface area contributed by atoms with Crippen molar-refractivity contribution in [3.05, 3.63) is 30.1 Å². The molecule has 3 heteroatoms. The van der Waals surface area contributed by atoms with Crippen LogP contribution in [-0.2, 0) is 6.54 Å². The minimum absolute atomic E-state index is 0.976. The summed E-state index contributed by atoms with van der Waals surface area (Å²) < 4.78 is 0. The molecule has 0 unspecified atom stereocenters. The first-order chi connectivity index (χ1) is 8.36. The van der Waals surface area contributed by atoms with E-state index < -0.39 is 0 Å². The van der Waals surface area contributed by atoms with Gasteiger partial charge in [0, 0.05) is 12.7 Å². The quantitative estimate of drug-likeness (QED) is 0.535. The fourth-order valence-electron chi connectivity index (χ4n) is 1.87. The van der Waals surface area contributed by atoms with Crippen LogP contribution in [0.5, 0.6) is 0 Å². The van der Waals surface area contributed by atoms with Crippen LogP contribution < -0.4 is 0 Å². The molecule has 96 valence electrons. The summed E-state index contributed by atoms with van der Waals surface area (Å²) in [6.45, 7) is 5.48. The molecule has 17 heavy (non-hydrogen) atoms. The average molecular weight is 252 g/mol. The summed E-state index contributed by atoms with van der Waals surface area (Å²) in [5, 5.41) is 0. The predicted octanol–water partition coefficient (Wildman–Crippen LogP) is 3.39. The maximum Gasteiger partial charge on any atom is 0.0543 e. The van der Waals surface area contributed by atoms with Crippen LogP contribution >= 0.6 is 12.6 Å². The molecule has 1 aromatic heterocycles. The van der Waals surface area contributed by atoms with Gasteiger partial charge in [-0.05, 0) is 43.8 Å². The molecule has 0 aliphatic carbocycles. The Hall–Kier alpha value is -0.540. The van der Waals surface area contributed by atoms with Crippen molar-refractivity contribution in [2.24, 2.45) is 0 Å². The topological polar surface area (TPSA) is 16.1 Å². The van der Waals surface area contributed by atoms with Gasteiger partial charge in [0.1, 0.15) is 0 Å². The van der Waals surface area contributed by atoms with E-state index in [1.54, 1.807) is 0 Å². The Kier molecular flexibility index (Phi) is 8.10. The molecule has 0 spiro atoms. The first-order valence-corrected chi connectivity index (χ1v) is 7.23. The smallest absolute Gasteiger partial charge is 0.0543 e. The Bertz CT molecular complexity index is 277. The van der Waals surface area contributed by atoms with Crippen LogP contribution in [0.4, 0.5) is 0 Å². The van der Waals surface area contributed by atoms with Crippen molar-refractivity contribution in [1.29, 1.82) is 0 Å². The Morgan fingerprint density at radius 3 is 2.65 bits per heavy atom. The molecule has 0 aliphatic heterocycles. The second-order valence-electron chi connectivity index (χ2n) is 4.33. The lowest BCUT2D eigenvalue weighted by Gasteiger charge is -2.19. The molecule has 0 aromatic carbocycles. The molecule has 1 aromatic rings. The van der Waals surface area contributed by atoms with Gasteiger partial charge in [0.05, 0.1) is 5.69 Å². The molecule has 0 saturated heterocycles. The van der Waals surface area contributed by atoms with Crippen LogP contribution in [-0.4, -0.2) is 28.7 Å². The number of unbranched alkanes of at least 4 members (excludes halogenated alkanes) is 3. The van der Waals surface area contributed by atoms with Gasteiger partial charge in [-0.3, -0.25) is 9.88 Å². The van der Waals surface area contributed by atoms with Gasteiger partial charge in [0.25, 0.3) is 0 Å². The van der Waals surface area contributed by atoms with Gasteiger partial charge < -0.3 is 0 Å². The summed E-state index contributed by atoms with van der Waals surface area (Å²) in [6, 6.07) is 6.13. The molecule has 0 fully saturated rings. The summed E-state index contributed by atoms with van der Waals surface area (Å²) in [6.07, 6.45) is 7.03. The largest absolute Gasteiger partial charge is 0.298 e. The van der Waals surface area contributed by atoms with Crippen LogP contribution in [0.15, 0.2) is 24.4 Å². The second-order valence-corrected chi connectivity index (χ2v) is 4.77. The zero-order valence-corrected chi connectivity index (χ0v) is 11.7. The second kappa shape index (κ2) is 9.49. The molecule has 1 heterocycles. The average Bonchev–Trinajstić information content (AvgIpc) is 2.38. The highest BCUT2D eigenvalue weighted by Crippen LogP contribution is 2.05. The van der Waals surface area contributed by atoms with Crippen molar-refractivity contribution in [3.63, 3.8) is 0 Å². The van der Waals surface area contributed by atoms with E-state index in [0.717, 1.165) is 18.8 Å². The van der Waals surface area contributed by atoms with Crippen molar-refractivity contribution >= 4 is 12.6 Å². The third kappa shape index (κ3) is 6.69. The first-order valence-electron chi connectivity index (χ1n) is 6.60. The van der Waals surface area contributed by atoms with Gasteiger partial charge in [-0.2, -0.15) is 12.6 Å². The molecule has 1 rings (SSSR count). The molecule has 0 amide bonds. The predicted molar refractivity (Wildman–Crippen MR) is 77.5 cm³/mol. The van der Waals surface area contributed by atoms with Gasteiger partial charge in [-0.1, -0.05) is 25.8 Å². The number of pyridine rings is 1. The van der Waals surface area contributed by atoms with Gasteiger partial charge >= 0.3 is 0 Å². The molecular formula is C14H24N2S. The normalized spacial score (nSPS) is 11.0. The number of hydrogen-bond acceptors (Lipinski definition) is 3. The fraction of sp³-hybridized carbons (Fsp3) is 0.643. The lowest BCUT2D eigenvalue weighted by Crippen LogP contribution is -2.24. The van der Waals surface area contributed by atoms with E-state index in [4.69, 9.17) is 0 Å². The minimum atomic E-state index is 0.976. The lowest BCUT2D eigenvalue weighted by atomic mass is 10.2. The molecule has 2 nitrogen and oxygen atoms in total. The van der Waals surface area contributed by atoms with Crippen molar-refractivity contribution < 1.29 is 0 Å². The molecule has 0 radical (unpaired) electrons. The summed E-state index contributed by atoms with van der Waals surface area (Å²) >= 11 is 4.23. The van der Waals surface area contributed by atoms with Crippen LogP contribution in [0.1, 0.15) is 38.3 Å². The van der Waals surface area contributed by atoms with E-state index in [2.05, 4.69) is 41.6 Å². The summed E-state index contributed by atoms with van der Waals surface area (Å²) in [5.41, 5.74) is 1.17. The maximum absolute atomic E-state index is 4.37. The van der Waals surface area contributed by atoms with E-state index in [0.29, 0.717) is 0 Å². The van der Waals surface area contributed by atoms with Crippen molar-refractivity contribution in [2.45, 2.75) is 39.2 Å². The number of aromatic nitrogens is 1. The van der Waals surface area contributed by atoms with Gasteiger partial charge in [-0.15, -0.1) is 0 Å². The van der Waals surface area contributed by atoms with Crippen molar-refractivity contribution in [3.8, 4) is 0 Å². The Labute approximate surface area is 111 Å². The highest BCUT2D eigenvalue weighted by atomic mass is 32.1. The standard InChI is InChI=1S/C14H24N2S/c1-2-16(11-7-3-4-8-12-17)13-14-9-5-6-10-15-14/h5-6,9-10,17H,2-4,7-8,11-13H2,1H3. The maximum atomic E-state index is 4.37. The van der Waals surface area contributed by atoms with Crippen LogP contribution in [0, 0.1) is 0 Å². The number of rotatable bonds is 9. The lowest BCUT2D eigenvalue weighted by molar-refractivity contribution is 0.269. The minimum Gasteiger partial charge on any atom is -0.298 e. The van der Waals surface area contributed by atoms with E-state index in [1.807, 2.05) is 12.3 Å². The molecular weight excluding hydrogens is 228 g/mol. The summed E-state index contributed by atoms with van der Waals surface area (Å²) in [5.74, 6) is 1.02. The Morgan fingerprint density at radius 2 is 2.00 bits per heavy atom. The third-order valence-electron chi connectivity index (χ3n) is 2.94. The Balaban J connectivity index is 2.20. The molecule has 0 bridgehead atoms. The highest BCUT2D eigenvalue weighted by molar-refractivity contribution is 7.80. The number of nitrogens with zero attached hydrogens (tertiary/aromatic N) is 2. The first kappa shape index (κ1) is 14.5. The number of thiol groups is 1. The zero-order chi connectivity index (χ0) is 12.3. The zero-order valence-electron chi connectivity index (χ0n) is 10.8. The monoisotopic (exact) mass is 252 g/mol. The van der Waals surface area contributed by atoms with Crippen molar-refractivity contribution in [2.75, 3.05) is 18.8 Å². The molecule has 0 atom stereocenters. The van der Waals surface area contributed by atoms with E-state index >= 15 is 0 Å². The van der Waals surface area contributed by atoms with Gasteiger partial charge in [0.15, 0.2) is 0 Å². The summed E-state index contributed by atoms with van der Waals surface area (Å²) in [7, 11) is 0. The van der Waals surface area contributed by atoms with Crippen LogP contribution in [0.2, 0.25) is 0 Å². The molecule has 0 aliphatic rings. The van der Waals surface area contributed by atoms with Crippen molar-refractivity contribution in [1.82, 2.24) is 9.88 Å². The van der Waals surface area contributed by atoms with E-state index in [9.17, 15) is 0 Å². The highest BCUT2D eigenvalue weighted by Gasteiger charge is 2.03. The SMILES string of the molecule is CCN(CCCCCCS)Cc1ccccn1. The van der Waals surface area contributed by atoms with Crippen LogP contribution in [0.3, 0.4) is 0 Å². The van der Waals surface area contributed by atoms with Crippen LogP contribution in [0.25, 0.3) is 0 Å². The van der Waals surface area contributed by atoms with Gasteiger partial charge in [-0.25, -0.2) is 0 Å².